The lowest BCUT2D eigenvalue weighted by atomic mass is 10.1. The van der Waals surface area contributed by atoms with Gasteiger partial charge in [0.25, 0.3) is 0 Å². The van der Waals surface area contributed by atoms with Gasteiger partial charge in [0.15, 0.2) is 0 Å². The monoisotopic (exact) mass is 322 g/mol. The molecule has 0 fully saturated rings. The molecule has 24 heavy (non-hydrogen) atoms. The quantitative estimate of drug-likeness (QED) is 0.804. The highest BCUT2D eigenvalue weighted by molar-refractivity contribution is 5.95. The van der Waals surface area contributed by atoms with Gasteiger partial charge in [-0.1, -0.05) is 60.2 Å². The number of aryl methyl sites for hydroxylation is 1. The highest BCUT2D eigenvalue weighted by atomic mass is 16.2. The van der Waals surface area contributed by atoms with Gasteiger partial charge in [0.2, 0.25) is 11.8 Å². The molecule has 0 spiro atoms. The predicted molar refractivity (Wildman–Crippen MR) is 96.1 cm³/mol. The maximum atomic E-state index is 12.0. The normalized spacial score (nSPS) is 11.9. The average Bonchev–Trinajstić information content (AvgIpc) is 2.60. The van der Waals surface area contributed by atoms with Gasteiger partial charge in [-0.15, -0.1) is 0 Å². The summed E-state index contributed by atoms with van der Waals surface area (Å²) in [6.45, 7) is 4.13. The topological polar surface area (TPSA) is 58.2 Å². The van der Waals surface area contributed by atoms with Crippen LogP contribution < -0.4 is 10.6 Å². The first kappa shape index (κ1) is 17.5. The molecule has 2 rings (SSSR count). The largest absolute Gasteiger partial charge is 0.350 e. The first-order valence-electron chi connectivity index (χ1n) is 7.91. The number of rotatable bonds is 6. The minimum absolute atomic E-state index is 0.211. The van der Waals surface area contributed by atoms with Gasteiger partial charge >= 0.3 is 0 Å². The van der Waals surface area contributed by atoms with E-state index in [0.29, 0.717) is 6.54 Å². The summed E-state index contributed by atoms with van der Waals surface area (Å²) < 4.78 is 0. The molecule has 0 aliphatic rings. The van der Waals surface area contributed by atoms with Crippen molar-refractivity contribution in [3.8, 4) is 0 Å². The zero-order chi connectivity index (χ0) is 17.4. The lowest BCUT2D eigenvalue weighted by Crippen LogP contribution is -2.44. The highest BCUT2D eigenvalue weighted by Crippen LogP contribution is 2.03. The van der Waals surface area contributed by atoms with Crippen molar-refractivity contribution in [2.75, 3.05) is 0 Å². The Labute approximate surface area is 142 Å². The van der Waals surface area contributed by atoms with Gasteiger partial charge < -0.3 is 10.6 Å². The average molecular weight is 322 g/mol. The molecule has 2 amide bonds. The summed E-state index contributed by atoms with van der Waals surface area (Å²) in [6, 6.07) is 16.9. The summed E-state index contributed by atoms with van der Waals surface area (Å²) in [5.41, 5.74) is 3.14. The van der Waals surface area contributed by atoms with Crippen molar-refractivity contribution < 1.29 is 9.59 Å². The van der Waals surface area contributed by atoms with E-state index in [1.165, 1.54) is 11.6 Å². The van der Waals surface area contributed by atoms with E-state index in [2.05, 4.69) is 10.6 Å². The van der Waals surface area contributed by atoms with Crippen LogP contribution in [0.5, 0.6) is 0 Å². The summed E-state index contributed by atoms with van der Waals surface area (Å²) in [5, 5.41) is 5.48. The Kier molecular flexibility index (Phi) is 6.32. The van der Waals surface area contributed by atoms with Gasteiger partial charge in [0, 0.05) is 12.6 Å². The zero-order valence-corrected chi connectivity index (χ0v) is 14.0. The SMILES string of the molecule is Cc1ccc(CNC(=O)[C@H](C)NC(=O)/C=C/c2ccccc2)cc1. The van der Waals surface area contributed by atoms with Crippen LogP contribution in [0.3, 0.4) is 0 Å². The van der Waals surface area contributed by atoms with Gasteiger partial charge in [0.05, 0.1) is 0 Å². The number of hydrogen-bond acceptors (Lipinski definition) is 2. The standard InChI is InChI=1S/C20H22N2O2/c1-15-8-10-18(11-9-15)14-21-20(24)16(2)22-19(23)13-12-17-6-4-3-5-7-17/h3-13,16H,14H2,1-2H3,(H,21,24)(H,22,23)/b13-12+/t16-/m0/s1. The number of benzene rings is 2. The van der Waals surface area contributed by atoms with Crippen molar-refractivity contribution >= 4 is 17.9 Å². The van der Waals surface area contributed by atoms with E-state index in [1.807, 2.05) is 61.5 Å². The molecule has 0 unspecified atom stereocenters. The zero-order valence-electron chi connectivity index (χ0n) is 14.0. The summed E-state index contributed by atoms with van der Waals surface area (Å²) in [5.74, 6) is -0.506. The lowest BCUT2D eigenvalue weighted by molar-refractivity contribution is -0.126. The summed E-state index contributed by atoms with van der Waals surface area (Å²) in [7, 11) is 0. The molecule has 0 radical (unpaired) electrons. The number of amides is 2. The first-order chi connectivity index (χ1) is 11.5. The maximum Gasteiger partial charge on any atom is 0.244 e. The van der Waals surface area contributed by atoms with Gasteiger partial charge in [-0.3, -0.25) is 9.59 Å². The van der Waals surface area contributed by atoms with Crippen LogP contribution in [0, 0.1) is 6.92 Å². The minimum Gasteiger partial charge on any atom is -0.350 e. The molecule has 0 aromatic heterocycles. The molecule has 1 atom stereocenters. The molecule has 0 saturated carbocycles. The Bertz CT molecular complexity index is 706. The molecular formula is C20H22N2O2. The van der Waals surface area contributed by atoms with E-state index in [0.717, 1.165) is 11.1 Å². The van der Waals surface area contributed by atoms with Crippen LogP contribution in [0.15, 0.2) is 60.7 Å². The fourth-order valence-corrected chi connectivity index (χ4v) is 2.11. The van der Waals surface area contributed by atoms with Gasteiger partial charge in [-0.05, 0) is 31.1 Å². The van der Waals surface area contributed by atoms with E-state index in [4.69, 9.17) is 0 Å². The number of hydrogen-bond donors (Lipinski definition) is 2. The third-order valence-electron chi connectivity index (χ3n) is 3.57. The second-order valence-corrected chi connectivity index (χ2v) is 5.68. The molecule has 124 valence electrons. The lowest BCUT2D eigenvalue weighted by Gasteiger charge is -2.13. The van der Waals surface area contributed by atoms with Crippen LogP contribution in [-0.2, 0) is 16.1 Å². The molecule has 0 heterocycles. The van der Waals surface area contributed by atoms with Crippen molar-refractivity contribution in [1.29, 1.82) is 0 Å². The van der Waals surface area contributed by atoms with Crippen LogP contribution in [-0.4, -0.2) is 17.9 Å². The Morgan fingerprint density at radius 2 is 1.71 bits per heavy atom. The second-order valence-electron chi connectivity index (χ2n) is 5.68. The van der Waals surface area contributed by atoms with Crippen molar-refractivity contribution in [3.63, 3.8) is 0 Å². The Morgan fingerprint density at radius 1 is 1.04 bits per heavy atom. The summed E-state index contributed by atoms with van der Waals surface area (Å²) in [6.07, 6.45) is 3.14. The molecule has 0 bridgehead atoms. The number of nitrogens with one attached hydrogen (secondary N) is 2. The van der Waals surface area contributed by atoms with Gasteiger partial charge in [0.1, 0.15) is 6.04 Å². The van der Waals surface area contributed by atoms with Gasteiger partial charge in [-0.2, -0.15) is 0 Å². The number of carbonyl (C=O) groups excluding carboxylic acids is 2. The molecule has 4 nitrogen and oxygen atoms in total. The van der Waals surface area contributed by atoms with E-state index >= 15 is 0 Å². The fourth-order valence-electron chi connectivity index (χ4n) is 2.11. The smallest absolute Gasteiger partial charge is 0.244 e. The van der Waals surface area contributed by atoms with Crippen molar-refractivity contribution in [3.05, 3.63) is 77.4 Å². The third-order valence-corrected chi connectivity index (χ3v) is 3.57. The van der Waals surface area contributed by atoms with E-state index in [1.54, 1.807) is 13.0 Å². The minimum atomic E-state index is -0.594. The van der Waals surface area contributed by atoms with E-state index in [-0.39, 0.29) is 11.8 Å². The fraction of sp³-hybridized carbons (Fsp3) is 0.200. The Balaban J connectivity index is 1.79. The summed E-state index contributed by atoms with van der Waals surface area (Å²) in [4.78, 5) is 23.9. The first-order valence-corrected chi connectivity index (χ1v) is 7.91. The van der Waals surface area contributed by atoms with Crippen LogP contribution in [0.2, 0.25) is 0 Å². The van der Waals surface area contributed by atoms with Crippen LogP contribution in [0.1, 0.15) is 23.6 Å². The molecular weight excluding hydrogens is 300 g/mol. The second kappa shape index (κ2) is 8.67. The van der Waals surface area contributed by atoms with Crippen LogP contribution >= 0.6 is 0 Å². The molecule has 2 aromatic carbocycles. The summed E-state index contributed by atoms with van der Waals surface area (Å²) >= 11 is 0. The molecule has 0 aliphatic carbocycles. The van der Waals surface area contributed by atoms with Crippen molar-refractivity contribution in [2.45, 2.75) is 26.4 Å². The Hall–Kier alpha value is -2.88. The number of carbonyl (C=O) groups is 2. The molecule has 0 aliphatic heterocycles. The molecule has 2 aromatic rings. The molecule has 2 N–H and O–H groups in total. The van der Waals surface area contributed by atoms with Crippen LogP contribution in [0.25, 0.3) is 6.08 Å². The Morgan fingerprint density at radius 3 is 2.38 bits per heavy atom. The third kappa shape index (κ3) is 5.72. The molecule has 0 saturated heterocycles. The maximum absolute atomic E-state index is 12.0. The van der Waals surface area contributed by atoms with Gasteiger partial charge in [-0.25, -0.2) is 0 Å². The van der Waals surface area contributed by atoms with Crippen LogP contribution in [0.4, 0.5) is 0 Å². The van der Waals surface area contributed by atoms with Crippen molar-refractivity contribution in [2.24, 2.45) is 0 Å². The van der Waals surface area contributed by atoms with E-state index < -0.39 is 6.04 Å². The van der Waals surface area contributed by atoms with Crippen molar-refractivity contribution in [1.82, 2.24) is 10.6 Å². The van der Waals surface area contributed by atoms with E-state index in [9.17, 15) is 9.59 Å². The molecule has 4 heteroatoms. The highest BCUT2D eigenvalue weighted by Gasteiger charge is 2.13. The predicted octanol–water partition coefficient (Wildman–Crippen LogP) is 2.83.